The van der Waals surface area contributed by atoms with Gasteiger partial charge in [0, 0.05) is 31.7 Å². The molecule has 21 heavy (non-hydrogen) atoms. The van der Waals surface area contributed by atoms with Crippen molar-refractivity contribution in [2.24, 2.45) is 0 Å². The van der Waals surface area contributed by atoms with Crippen LogP contribution in [0.2, 0.25) is 5.02 Å². The second kappa shape index (κ2) is 8.62. The molecule has 120 valence electrons. The first kappa shape index (κ1) is 18.3. The lowest BCUT2D eigenvalue weighted by Gasteiger charge is -2.33. The van der Waals surface area contributed by atoms with Crippen LogP contribution in [-0.2, 0) is 6.54 Å². The van der Waals surface area contributed by atoms with Crippen LogP contribution in [0.25, 0.3) is 0 Å². The van der Waals surface area contributed by atoms with Crippen LogP contribution in [0.15, 0.2) is 18.2 Å². The molecular weight excluding hydrogens is 282 g/mol. The largest absolute Gasteiger partial charge is 0.367 e. The normalized spacial score (nSPS) is 13.0. The zero-order valence-electron chi connectivity index (χ0n) is 14.3. The molecule has 0 fully saturated rings. The first-order valence-electron chi connectivity index (χ1n) is 7.78. The van der Waals surface area contributed by atoms with Crippen LogP contribution in [0.5, 0.6) is 0 Å². The molecule has 1 aromatic carbocycles. The topological polar surface area (TPSA) is 18.5 Å². The molecule has 0 spiro atoms. The average molecular weight is 312 g/mol. The van der Waals surface area contributed by atoms with Crippen LogP contribution in [-0.4, -0.2) is 44.2 Å². The molecule has 0 aliphatic rings. The summed E-state index contributed by atoms with van der Waals surface area (Å²) >= 11 is 6.52. The minimum absolute atomic E-state index is 0.433. The molecule has 1 unspecified atom stereocenters. The molecule has 1 aromatic rings. The Bertz CT molecular complexity index is 432. The quantitative estimate of drug-likeness (QED) is 0.791. The van der Waals surface area contributed by atoms with Crippen molar-refractivity contribution in [1.82, 2.24) is 10.2 Å². The lowest BCUT2D eigenvalue weighted by Crippen LogP contribution is -2.40. The lowest BCUT2D eigenvalue weighted by molar-refractivity contribution is 0.373. The number of hydrogen-bond donors (Lipinski definition) is 1. The fraction of sp³-hybridized carbons (Fsp3) is 0.647. The SMILES string of the molecule is CCN(c1ccc(CNC(C)C)cc1Cl)C(C)CN(C)C. The zero-order chi connectivity index (χ0) is 16.0. The smallest absolute Gasteiger partial charge is 0.0642 e. The fourth-order valence-corrected chi connectivity index (χ4v) is 2.87. The van der Waals surface area contributed by atoms with Crippen molar-refractivity contribution in [3.8, 4) is 0 Å². The number of nitrogens with one attached hydrogen (secondary N) is 1. The van der Waals surface area contributed by atoms with Gasteiger partial charge in [-0.2, -0.15) is 0 Å². The molecule has 0 saturated carbocycles. The van der Waals surface area contributed by atoms with Crippen LogP contribution in [0.4, 0.5) is 5.69 Å². The Hall–Kier alpha value is -0.770. The number of likely N-dealkylation sites (N-methyl/N-ethyl adjacent to an activating group) is 2. The number of benzene rings is 1. The van der Waals surface area contributed by atoms with Gasteiger partial charge in [-0.1, -0.05) is 31.5 Å². The van der Waals surface area contributed by atoms with E-state index in [1.165, 1.54) is 5.56 Å². The van der Waals surface area contributed by atoms with E-state index in [0.717, 1.165) is 30.3 Å². The Morgan fingerprint density at radius 3 is 2.33 bits per heavy atom. The van der Waals surface area contributed by atoms with Crippen molar-refractivity contribution in [1.29, 1.82) is 0 Å². The zero-order valence-corrected chi connectivity index (χ0v) is 15.0. The van der Waals surface area contributed by atoms with Crippen LogP contribution >= 0.6 is 11.6 Å². The molecule has 0 aliphatic carbocycles. The average Bonchev–Trinajstić information content (AvgIpc) is 2.38. The van der Waals surface area contributed by atoms with Gasteiger partial charge in [0.05, 0.1) is 10.7 Å². The molecule has 3 nitrogen and oxygen atoms in total. The van der Waals surface area contributed by atoms with Gasteiger partial charge in [0.25, 0.3) is 0 Å². The van der Waals surface area contributed by atoms with E-state index in [-0.39, 0.29) is 0 Å². The highest BCUT2D eigenvalue weighted by Crippen LogP contribution is 2.28. The Labute approximate surface area is 135 Å². The Balaban J connectivity index is 2.85. The summed E-state index contributed by atoms with van der Waals surface area (Å²) in [5.74, 6) is 0. The maximum atomic E-state index is 6.52. The molecule has 1 rings (SSSR count). The van der Waals surface area contributed by atoms with Gasteiger partial charge in [0.2, 0.25) is 0 Å². The number of halogens is 1. The summed E-state index contributed by atoms with van der Waals surface area (Å²) < 4.78 is 0. The number of hydrogen-bond acceptors (Lipinski definition) is 3. The van der Waals surface area contributed by atoms with Crippen molar-refractivity contribution >= 4 is 17.3 Å². The minimum atomic E-state index is 0.433. The molecule has 4 heteroatoms. The summed E-state index contributed by atoms with van der Waals surface area (Å²) in [5, 5.41) is 4.26. The maximum absolute atomic E-state index is 6.52. The second-order valence-electron chi connectivity index (χ2n) is 6.22. The van der Waals surface area contributed by atoms with Gasteiger partial charge in [-0.05, 0) is 45.6 Å². The minimum Gasteiger partial charge on any atom is -0.367 e. The number of nitrogens with zero attached hydrogens (tertiary/aromatic N) is 2. The summed E-state index contributed by atoms with van der Waals surface area (Å²) in [5.41, 5.74) is 2.36. The highest BCUT2D eigenvalue weighted by molar-refractivity contribution is 6.33. The second-order valence-corrected chi connectivity index (χ2v) is 6.63. The van der Waals surface area contributed by atoms with E-state index in [4.69, 9.17) is 11.6 Å². The van der Waals surface area contributed by atoms with Crippen LogP contribution < -0.4 is 10.2 Å². The Kier molecular flexibility index (Phi) is 7.50. The third-order valence-electron chi connectivity index (χ3n) is 3.54. The van der Waals surface area contributed by atoms with Crippen molar-refractivity contribution in [2.45, 2.75) is 46.3 Å². The highest BCUT2D eigenvalue weighted by atomic mass is 35.5. The molecule has 0 aliphatic heterocycles. The number of anilines is 1. The predicted octanol–water partition coefficient (Wildman–Crippen LogP) is 3.61. The van der Waals surface area contributed by atoms with Gasteiger partial charge in [-0.3, -0.25) is 0 Å². The molecule has 0 amide bonds. The van der Waals surface area contributed by atoms with E-state index in [9.17, 15) is 0 Å². The standard InChI is InChI=1S/C17H30ClN3/c1-7-21(14(4)12-20(5)6)17-9-8-15(10-16(17)18)11-19-13(2)3/h8-10,13-14,19H,7,11-12H2,1-6H3. The molecule has 1 N–H and O–H groups in total. The highest BCUT2D eigenvalue weighted by Gasteiger charge is 2.16. The summed E-state index contributed by atoms with van der Waals surface area (Å²) in [6.07, 6.45) is 0. The number of rotatable bonds is 8. The van der Waals surface area contributed by atoms with Crippen molar-refractivity contribution < 1.29 is 0 Å². The summed E-state index contributed by atoms with van der Waals surface area (Å²) in [6, 6.07) is 7.31. The molecule has 0 heterocycles. The maximum Gasteiger partial charge on any atom is 0.0642 e. The molecule has 0 saturated heterocycles. The van der Waals surface area contributed by atoms with Gasteiger partial charge in [-0.15, -0.1) is 0 Å². The van der Waals surface area contributed by atoms with Gasteiger partial charge in [0.1, 0.15) is 0 Å². The predicted molar refractivity (Wildman–Crippen MR) is 94.5 cm³/mol. The summed E-state index contributed by atoms with van der Waals surface area (Å²) in [4.78, 5) is 4.57. The van der Waals surface area contributed by atoms with E-state index in [0.29, 0.717) is 12.1 Å². The molecule has 0 bridgehead atoms. The Morgan fingerprint density at radius 1 is 1.19 bits per heavy atom. The van der Waals surface area contributed by atoms with E-state index >= 15 is 0 Å². The first-order valence-corrected chi connectivity index (χ1v) is 8.16. The summed E-state index contributed by atoms with van der Waals surface area (Å²) in [7, 11) is 4.21. The molecule has 0 radical (unpaired) electrons. The van der Waals surface area contributed by atoms with E-state index < -0.39 is 0 Å². The monoisotopic (exact) mass is 311 g/mol. The Morgan fingerprint density at radius 2 is 1.86 bits per heavy atom. The van der Waals surface area contributed by atoms with Crippen LogP contribution in [0, 0.1) is 0 Å². The van der Waals surface area contributed by atoms with Gasteiger partial charge >= 0.3 is 0 Å². The summed E-state index contributed by atoms with van der Waals surface area (Å²) in [6.45, 7) is 11.6. The van der Waals surface area contributed by atoms with E-state index in [2.05, 4.69) is 75.1 Å². The van der Waals surface area contributed by atoms with E-state index in [1.807, 2.05) is 0 Å². The van der Waals surface area contributed by atoms with Gasteiger partial charge in [-0.25, -0.2) is 0 Å². The van der Waals surface area contributed by atoms with Gasteiger partial charge < -0.3 is 15.1 Å². The van der Waals surface area contributed by atoms with Crippen LogP contribution in [0.3, 0.4) is 0 Å². The first-order chi connectivity index (χ1) is 9.85. The lowest BCUT2D eigenvalue weighted by atomic mass is 10.1. The van der Waals surface area contributed by atoms with Crippen LogP contribution in [0.1, 0.15) is 33.3 Å². The van der Waals surface area contributed by atoms with Crippen molar-refractivity contribution in [2.75, 3.05) is 32.1 Å². The van der Waals surface area contributed by atoms with Gasteiger partial charge in [0.15, 0.2) is 0 Å². The van der Waals surface area contributed by atoms with E-state index in [1.54, 1.807) is 0 Å². The third kappa shape index (κ3) is 5.85. The van der Waals surface area contributed by atoms with Crippen molar-refractivity contribution in [3.63, 3.8) is 0 Å². The molecule has 1 atom stereocenters. The molecule has 0 aromatic heterocycles. The fourth-order valence-electron chi connectivity index (χ4n) is 2.56. The van der Waals surface area contributed by atoms with Crippen molar-refractivity contribution in [3.05, 3.63) is 28.8 Å². The third-order valence-corrected chi connectivity index (χ3v) is 3.84. The molecular formula is C17H30ClN3.